The Bertz CT molecular complexity index is 1000. The maximum absolute atomic E-state index is 12.6. The lowest BCUT2D eigenvalue weighted by atomic mass is 10.2. The Hall–Kier alpha value is -3.13. The van der Waals surface area contributed by atoms with Gasteiger partial charge in [-0.15, -0.1) is 0 Å². The fourth-order valence-corrected chi connectivity index (χ4v) is 3.82. The minimum absolute atomic E-state index is 0.0584. The highest BCUT2D eigenvalue weighted by molar-refractivity contribution is 8.00. The van der Waals surface area contributed by atoms with Crippen molar-refractivity contribution in [1.29, 1.82) is 0 Å². The van der Waals surface area contributed by atoms with E-state index >= 15 is 0 Å². The molecule has 0 fully saturated rings. The van der Waals surface area contributed by atoms with Crippen molar-refractivity contribution in [3.05, 3.63) is 60.4 Å². The highest BCUT2D eigenvalue weighted by atomic mass is 32.2. The van der Waals surface area contributed by atoms with E-state index in [1.807, 2.05) is 60.2 Å². The lowest BCUT2D eigenvalue weighted by molar-refractivity contribution is -0.120. The number of carbonyl (C=O) groups is 1. The van der Waals surface area contributed by atoms with Gasteiger partial charge in [0.15, 0.2) is 16.7 Å². The molecule has 0 aliphatic carbocycles. The van der Waals surface area contributed by atoms with Crippen molar-refractivity contribution in [3.8, 4) is 22.9 Å². The summed E-state index contributed by atoms with van der Waals surface area (Å²) in [4.78, 5) is 17.0. The van der Waals surface area contributed by atoms with Crippen LogP contribution in [0.15, 0.2) is 60.0 Å². The Morgan fingerprint density at radius 3 is 2.83 bits per heavy atom. The second-order valence-corrected chi connectivity index (χ2v) is 7.75. The van der Waals surface area contributed by atoms with E-state index in [4.69, 9.17) is 14.2 Å². The van der Waals surface area contributed by atoms with Gasteiger partial charge in [0.25, 0.3) is 0 Å². The van der Waals surface area contributed by atoms with Crippen LogP contribution < -0.4 is 19.5 Å². The number of thioether (sulfide) groups is 1. The summed E-state index contributed by atoms with van der Waals surface area (Å²) < 4.78 is 17.8. The average molecular weight is 411 g/mol. The molecule has 1 aliphatic heterocycles. The standard InChI is InChI=1S/C21H21N3O4S/c1-14(20(25)23-12-15-3-8-18-19(11-15)28-13-27-18)29-21-22-9-10-24(21)16-4-6-17(26-2)7-5-16/h3-11,14H,12-13H2,1-2H3,(H,23,25)/t14-/m1/s1. The van der Waals surface area contributed by atoms with Crippen LogP contribution in [0.3, 0.4) is 0 Å². The van der Waals surface area contributed by atoms with Crippen molar-refractivity contribution in [1.82, 2.24) is 14.9 Å². The monoisotopic (exact) mass is 411 g/mol. The first-order chi connectivity index (χ1) is 14.1. The van der Waals surface area contributed by atoms with E-state index in [1.54, 1.807) is 13.3 Å². The predicted octanol–water partition coefficient (Wildman–Crippen LogP) is 3.41. The molecule has 0 radical (unpaired) electrons. The number of aromatic nitrogens is 2. The average Bonchev–Trinajstić information content (AvgIpc) is 3.41. The van der Waals surface area contributed by atoms with Crippen molar-refractivity contribution in [2.45, 2.75) is 23.9 Å². The number of methoxy groups -OCH3 is 1. The molecule has 2 aromatic carbocycles. The Kier molecular flexibility index (Phi) is 5.62. The zero-order chi connectivity index (χ0) is 20.2. The third-order valence-electron chi connectivity index (χ3n) is 4.51. The Balaban J connectivity index is 1.37. The van der Waals surface area contributed by atoms with Crippen LogP contribution in [0.4, 0.5) is 0 Å². The van der Waals surface area contributed by atoms with Crippen molar-refractivity contribution >= 4 is 17.7 Å². The predicted molar refractivity (Wildman–Crippen MR) is 110 cm³/mol. The second kappa shape index (κ2) is 8.48. The minimum atomic E-state index is -0.302. The van der Waals surface area contributed by atoms with E-state index in [0.717, 1.165) is 27.9 Å². The first kappa shape index (κ1) is 19.2. The van der Waals surface area contributed by atoms with Gasteiger partial charge < -0.3 is 19.5 Å². The number of ether oxygens (including phenoxy) is 3. The number of fused-ring (bicyclic) bond motifs is 1. The first-order valence-electron chi connectivity index (χ1n) is 9.15. The SMILES string of the molecule is COc1ccc(-n2ccnc2S[C@H](C)C(=O)NCc2ccc3c(c2)OCO3)cc1. The molecule has 0 saturated heterocycles. The molecule has 0 spiro atoms. The van der Waals surface area contributed by atoms with Gasteiger partial charge in [0.2, 0.25) is 12.7 Å². The van der Waals surface area contributed by atoms with E-state index < -0.39 is 0 Å². The molecule has 1 amide bonds. The molecule has 0 unspecified atom stereocenters. The molecule has 1 N–H and O–H groups in total. The Morgan fingerprint density at radius 1 is 1.24 bits per heavy atom. The largest absolute Gasteiger partial charge is 0.497 e. The number of rotatable bonds is 7. The number of carbonyl (C=O) groups excluding carboxylic acids is 1. The van der Waals surface area contributed by atoms with E-state index in [2.05, 4.69) is 10.3 Å². The third kappa shape index (κ3) is 4.32. The molecule has 0 saturated carbocycles. The zero-order valence-corrected chi connectivity index (χ0v) is 16.9. The molecule has 1 aromatic heterocycles. The number of benzene rings is 2. The first-order valence-corrected chi connectivity index (χ1v) is 10.0. The van der Waals surface area contributed by atoms with Gasteiger partial charge in [-0.1, -0.05) is 17.8 Å². The number of hydrogen-bond acceptors (Lipinski definition) is 6. The Morgan fingerprint density at radius 2 is 2.03 bits per heavy atom. The molecular weight excluding hydrogens is 390 g/mol. The van der Waals surface area contributed by atoms with Gasteiger partial charge in [0, 0.05) is 24.6 Å². The van der Waals surface area contributed by atoms with Crippen molar-refractivity contribution < 1.29 is 19.0 Å². The molecule has 4 rings (SSSR count). The number of amides is 1. The van der Waals surface area contributed by atoms with Gasteiger partial charge in [-0.25, -0.2) is 4.98 Å². The van der Waals surface area contributed by atoms with Gasteiger partial charge in [-0.05, 0) is 48.9 Å². The van der Waals surface area contributed by atoms with Crippen LogP contribution in [0.25, 0.3) is 5.69 Å². The van der Waals surface area contributed by atoms with Crippen LogP contribution in [-0.4, -0.2) is 34.6 Å². The van der Waals surface area contributed by atoms with Crippen LogP contribution >= 0.6 is 11.8 Å². The fourth-order valence-electron chi connectivity index (χ4n) is 2.91. The van der Waals surface area contributed by atoms with Crippen LogP contribution in [0.1, 0.15) is 12.5 Å². The van der Waals surface area contributed by atoms with Gasteiger partial charge in [0.05, 0.1) is 12.4 Å². The molecule has 150 valence electrons. The van der Waals surface area contributed by atoms with Crippen LogP contribution in [0.2, 0.25) is 0 Å². The summed E-state index contributed by atoms with van der Waals surface area (Å²) in [5, 5.41) is 3.42. The number of imidazole rings is 1. The van der Waals surface area contributed by atoms with Crippen LogP contribution in [0, 0.1) is 0 Å². The van der Waals surface area contributed by atoms with Crippen LogP contribution in [-0.2, 0) is 11.3 Å². The molecule has 29 heavy (non-hydrogen) atoms. The highest BCUT2D eigenvalue weighted by Crippen LogP contribution is 2.32. The smallest absolute Gasteiger partial charge is 0.233 e. The molecule has 8 heteroatoms. The maximum atomic E-state index is 12.6. The number of nitrogens with one attached hydrogen (secondary N) is 1. The van der Waals surface area contributed by atoms with Gasteiger partial charge in [-0.3, -0.25) is 9.36 Å². The van der Waals surface area contributed by atoms with Crippen molar-refractivity contribution in [2.75, 3.05) is 13.9 Å². The normalized spacial score (nSPS) is 13.2. The van der Waals surface area contributed by atoms with E-state index in [-0.39, 0.29) is 18.0 Å². The molecule has 1 aliphatic rings. The molecule has 3 aromatic rings. The van der Waals surface area contributed by atoms with E-state index in [9.17, 15) is 4.79 Å². The topological polar surface area (TPSA) is 74.6 Å². The molecular formula is C21H21N3O4S. The van der Waals surface area contributed by atoms with Gasteiger partial charge >= 0.3 is 0 Å². The van der Waals surface area contributed by atoms with Gasteiger partial charge in [0.1, 0.15) is 5.75 Å². The van der Waals surface area contributed by atoms with Gasteiger partial charge in [-0.2, -0.15) is 0 Å². The third-order valence-corrected chi connectivity index (χ3v) is 5.59. The summed E-state index contributed by atoms with van der Waals surface area (Å²) in [6.45, 7) is 2.53. The summed E-state index contributed by atoms with van der Waals surface area (Å²) in [5.41, 5.74) is 1.92. The summed E-state index contributed by atoms with van der Waals surface area (Å²) in [7, 11) is 1.64. The summed E-state index contributed by atoms with van der Waals surface area (Å²) in [6.07, 6.45) is 3.60. The van der Waals surface area contributed by atoms with Crippen molar-refractivity contribution in [2.24, 2.45) is 0 Å². The van der Waals surface area contributed by atoms with E-state index in [1.165, 1.54) is 11.8 Å². The van der Waals surface area contributed by atoms with Crippen LogP contribution in [0.5, 0.6) is 17.2 Å². The molecule has 1 atom stereocenters. The lowest BCUT2D eigenvalue weighted by Gasteiger charge is -2.13. The second-order valence-electron chi connectivity index (χ2n) is 6.44. The lowest BCUT2D eigenvalue weighted by Crippen LogP contribution is -2.30. The summed E-state index contributed by atoms with van der Waals surface area (Å²) in [6, 6.07) is 13.4. The quantitative estimate of drug-likeness (QED) is 0.601. The molecule has 7 nitrogen and oxygen atoms in total. The highest BCUT2D eigenvalue weighted by Gasteiger charge is 2.18. The van der Waals surface area contributed by atoms with Crippen molar-refractivity contribution in [3.63, 3.8) is 0 Å². The molecule has 2 heterocycles. The Labute approximate surface area is 173 Å². The molecule has 0 bridgehead atoms. The fraction of sp³-hybridized carbons (Fsp3) is 0.238. The number of hydrogen-bond donors (Lipinski definition) is 1. The van der Waals surface area contributed by atoms with E-state index in [0.29, 0.717) is 12.3 Å². The minimum Gasteiger partial charge on any atom is -0.497 e. The maximum Gasteiger partial charge on any atom is 0.233 e. The summed E-state index contributed by atoms with van der Waals surface area (Å²) in [5.74, 6) is 2.17. The number of nitrogens with zero attached hydrogens (tertiary/aromatic N) is 2. The summed E-state index contributed by atoms with van der Waals surface area (Å²) >= 11 is 1.41. The zero-order valence-electron chi connectivity index (χ0n) is 16.1.